The highest BCUT2D eigenvalue weighted by Crippen LogP contribution is 2.20. The van der Waals surface area contributed by atoms with Crippen LogP contribution >= 0.6 is 0 Å². The van der Waals surface area contributed by atoms with E-state index in [-0.39, 0.29) is 0 Å². The molecule has 0 spiro atoms. The molecule has 0 atom stereocenters. The lowest BCUT2D eigenvalue weighted by molar-refractivity contribution is -0.118. The number of aliphatic hydroxyl groups excluding tert-OH is 1. The van der Waals surface area contributed by atoms with Crippen molar-refractivity contribution in [2.24, 2.45) is 0 Å². The minimum absolute atomic E-state index is 0.397. The lowest BCUT2D eigenvalue weighted by Gasteiger charge is -2.11. The van der Waals surface area contributed by atoms with Gasteiger partial charge < -0.3 is 19.9 Å². The highest BCUT2D eigenvalue weighted by Gasteiger charge is 2.05. The van der Waals surface area contributed by atoms with Gasteiger partial charge >= 0.3 is 0 Å². The second-order valence-corrected chi connectivity index (χ2v) is 4.79. The molecule has 0 unspecified atom stereocenters. The highest BCUT2D eigenvalue weighted by atomic mass is 16.3. The van der Waals surface area contributed by atoms with Crippen molar-refractivity contribution in [2.45, 2.75) is 6.54 Å². The first kappa shape index (κ1) is 13.6. The Morgan fingerprint density at radius 1 is 1.37 bits per heavy atom. The second kappa shape index (κ2) is 5.86. The number of benzene rings is 1. The van der Waals surface area contributed by atoms with E-state index in [0.717, 1.165) is 24.0 Å². The molecule has 5 heteroatoms. The summed E-state index contributed by atoms with van der Waals surface area (Å²) in [5.74, 6) is -0.397. The van der Waals surface area contributed by atoms with Crippen molar-refractivity contribution in [2.75, 3.05) is 32.6 Å². The Labute approximate surface area is 112 Å². The second-order valence-electron chi connectivity index (χ2n) is 4.79. The molecule has 1 aromatic carbocycles. The fourth-order valence-corrected chi connectivity index (χ4v) is 1.96. The first-order valence-corrected chi connectivity index (χ1v) is 6.24. The molecule has 5 nitrogen and oxygen atoms in total. The Morgan fingerprint density at radius 2 is 2.16 bits per heavy atom. The van der Waals surface area contributed by atoms with Crippen LogP contribution in [0.15, 0.2) is 30.5 Å². The van der Waals surface area contributed by atoms with Crippen LogP contribution in [0.1, 0.15) is 0 Å². The van der Waals surface area contributed by atoms with Crippen molar-refractivity contribution in [1.29, 1.82) is 0 Å². The average Bonchev–Trinajstić information content (AvgIpc) is 2.78. The van der Waals surface area contributed by atoms with E-state index in [1.807, 2.05) is 38.5 Å². The molecule has 0 saturated carbocycles. The third-order valence-electron chi connectivity index (χ3n) is 2.99. The number of amides is 1. The van der Waals surface area contributed by atoms with E-state index in [0.29, 0.717) is 5.69 Å². The van der Waals surface area contributed by atoms with Gasteiger partial charge in [0.2, 0.25) is 5.91 Å². The zero-order valence-electron chi connectivity index (χ0n) is 11.3. The molecule has 0 aliphatic carbocycles. The predicted molar refractivity (Wildman–Crippen MR) is 76.2 cm³/mol. The van der Waals surface area contributed by atoms with Gasteiger partial charge in [-0.2, -0.15) is 0 Å². The molecule has 0 radical (unpaired) electrons. The van der Waals surface area contributed by atoms with Crippen LogP contribution in [-0.2, 0) is 11.3 Å². The number of likely N-dealkylation sites (N-methyl/N-ethyl adjacent to an activating group) is 1. The molecule has 0 fully saturated rings. The average molecular weight is 261 g/mol. The number of aliphatic hydroxyl groups is 1. The quantitative estimate of drug-likeness (QED) is 0.848. The first-order valence-electron chi connectivity index (χ1n) is 6.24. The zero-order chi connectivity index (χ0) is 13.8. The van der Waals surface area contributed by atoms with Crippen molar-refractivity contribution in [3.63, 3.8) is 0 Å². The SMILES string of the molecule is CN(C)CCn1ccc2ccc(NC(=O)CO)cc21. The van der Waals surface area contributed by atoms with Crippen LogP contribution in [0.25, 0.3) is 10.9 Å². The van der Waals surface area contributed by atoms with Gasteiger partial charge in [0.15, 0.2) is 0 Å². The topological polar surface area (TPSA) is 57.5 Å². The molecule has 0 aliphatic rings. The van der Waals surface area contributed by atoms with E-state index in [1.165, 1.54) is 0 Å². The number of carbonyl (C=O) groups excluding carboxylic acids is 1. The first-order chi connectivity index (χ1) is 9.10. The van der Waals surface area contributed by atoms with Crippen molar-refractivity contribution in [3.8, 4) is 0 Å². The van der Waals surface area contributed by atoms with Crippen molar-refractivity contribution in [1.82, 2.24) is 9.47 Å². The van der Waals surface area contributed by atoms with Gasteiger partial charge in [0.25, 0.3) is 0 Å². The van der Waals surface area contributed by atoms with E-state index in [4.69, 9.17) is 5.11 Å². The van der Waals surface area contributed by atoms with Crippen molar-refractivity contribution in [3.05, 3.63) is 30.5 Å². The van der Waals surface area contributed by atoms with Gasteiger partial charge in [0.1, 0.15) is 6.61 Å². The van der Waals surface area contributed by atoms with Crippen LogP contribution in [0.4, 0.5) is 5.69 Å². The molecule has 0 aliphatic heterocycles. The van der Waals surface area contributed by atoms with E-state index in [1.54, 1.807) is 0 Å². The molecule has 1 aromatic heterocycles. The largest absolute Gasteiger partial charge is 0.387 e. The molecule has 19 heavy (non-hydrogen) atoms. The number of anilines is 1. The number of hydrogen-bond donors (Lipinski definition) is 2. The summed E-state index contributed by atoms with van der Waals surface area (Å²) in [5.41, 5.74) is 1.79. The molecule has 1 amide bonds. The summed E-state index contributed by atoms with van der Waals surface area (Å²) < 4.78 is 2.16. The number of hydrogen-bond acceptors (Lipinski definition) is 3. The fourth-order valence-electron chi connectivity index (χ4n) is 1.96. The van der Waals surface area contributed by atoms with Gasteiger partial charge in [-0.1, -0.05) is 6.07 Å². The molecule has 2 aromatic rings. The molecule has 0 saturated heterocycles. The number of rotatable bonds is 5. The third-order valence-corrected chi connectivity index (χ3v) is 2.99. The minimum atomic E-state index is -0.500. The number of nitrogens with one attached hydrogen (secondary N) is 1. The van der Waals surface area contributed by atoms with E-state index >= 15 is 0 Å². The maximum atomic E-state index is 11.2. The summed E-state index contributed by atoms with van der Waals surface area (Å²) in [7, 11) is 4.08. The third kappa shape index (κ3) is 3.33. The molecule has 1 heterocycles. The standard InChI is InChI=1S/C14H19N3O2/c1-16(2)7-8-17-6-5-11-3-4-12(9-13(11)17)15-14(19)10-18/h3-6,9,18H,7-8,10H2,1-2H3,(H,15,19). The van der Waals surface area contributed by atoms with Crippen molar-refractivity contribution >= 4 is 22.5 Å². The Balaban J connectivity index is 2.24. The summed E-state index contributed by atoms with van der Waals surface area (Å²) in [6, 6.07) is 7.79. The number of nitrogens with zero attached hydrogens (tertiary/aromatic N) is 2. The summed E-state index contributed by atoms with van der Waals surface area (Å²) in [5, 5.41) is 12.5. The zero-order valence-corrected chi connectivity index (χ0v) is 11.3. The molecule has 2 rings (SSSR count). The van der Waals surface area contributed by atoms with Crippen LogP contribution in [-0.4, -0.2) is 47.7 Å². The maximum Gasteiger partial charge on any atom is 0.250 e. The summed E-state index contributed by atoms with van der Waals surface area (Å²) >= 11 is 0. The molecular weight excluding hydrogens is 242 g/mol. The lowest BCUT2D eigenvalue weighted by atomic mass is 10.2. The molecule has 2 N–H and O–H groups in total. The van der Waals surface area contributed by atoms with Crippen LogP contribution in [0, 0.1) is 0 Å². The highest BCUT2D eigenvalue weighted by molar-refractivity contribution is 5.94. The molecule has 0 bridgehead atoms. The summed E-state index contributed by atoms with van der Waals surface area (Å²) in [6.07, 6.45) is 2.05. The number of carbonyl (C=O) groups is 1. The fraction of sp³-hybridized carbons (Fsp3) is 0.357. The van der Waals surface area contributed by atoms with Crippen LogP contribution in [0.2, 0.25) is 0 Å². The summed E-state index contributed by atoms with van der Waals surface area (Å²) in [6.45, 7) is 1.35. The van der Waals surface area contributed by atoms with Crippen LogP contribution < -0.4 is 5.32 Å². The molecular formula is C14H19N3O2. The Hall–Kier alpha value is -1.85. The smallest absolute Gasteiger partial charge is 0.250 e. The van der Waals surface area contributed by atoms with E-state index < -0.39 is 12.5 Å². The Bertz CT molecular complexity index is 575. The van der Waals surface area contributed by atoms with E-state index in [2.05, 4.69) is 20.9 Å². The Kier molecular flexibility index (Phi) is 4.19. The monoisotopic (exact) mass is 261 g/mol. The predicted octanol–water partition coefficient (Wildman–Crippen LogP) is 1.13. The summed E-state index contributed by atoms with van der Waals surface area (Å²) in [4.78, 5) is 13.3. The lowest BCUT2D eigenvalue weighted by Crippen LogP contribution is -2.18. The normalized spacial score (nSPS) is 11.2. The van der Waals surface area contributed by atoms with E-state index in [9.17, 15) is 4.79 Å². The molecule has 102 valence electrons. The van der Waals surface area contributed by atoms with Gasteiger partial charge in [0, 0.05) is 25.0 Å². The van der Waals surface area contributed by atoms with Gasteiger partial charge in [-0.25, -0.2) is 0 Å². The maximum absolute atomic E-state index is 11.2. The van der Waals surface area contributed by atoms with Gasteiger partial charge in [-0.05, 0) is 37.7 Å². The number of fused-ring (bicyclic) bond motifs is 1. The van der Waals surface area contributed by atoms with Crippen molar-refractivity contribution < 1.29 is 9.90 Å². The minimum Gasteiger partial charge on any atom is -0.387 e. The number of aromatic nitrogens is 1. The van der Waals surface area contributed by atoms with Gasteiger partial charge in [-0.3, -0.25) is 4.79 Å². The Morgan fingerprint density at radius 3 is 2.84 bits per heavy atom. The van der Waals surface area contributed by atoms with Crippen LogP contribution in [0.5, 0.6) is 0 Å². The van der Waals surface area contributed by atoms with Crippen LogP contribution in [0.3, 0.4) is 0 Å². The van der Waals surface area contributed by atoms with Gasteiger partial charge in [-0.15, -0.1) is 0 Å². The van der Waals surface area contributed by atoms with Gasteiger partial charge in [0.05, 0.1) is 5.52 Å².